The molecule has 0 amide bonds. The van der Waals surface area contributed by atoms with Crippen molar-refractivity contribution in [3.8, 4) is 0 Å². The van der Waals surface area contributed by atoms with Crippen molar-refractivity contribution in [1.82, 2.24) is 0 Å². The van der Waals surface area contributed by atoms with Gasteiger partial charge in [0.1, 0.15) is 0 Å². The molecule has 2 aliphatic rings. The van der Waals surface area contributed by atoms with Crippen LogP contribution in [0.15, 0.2) is 127 Å². The van der Waals surface area contributed by atoms with E-state index in [0.29, 0.717) is 0 Å². The van der Waals surface area contributed by atoms with E-state index >= 15 is 0 Å². The Hall–Kier alpha value is -3.48. The average molecular weight is 796 g/mol. The molecule has 0 saturated carbocycles. The van der Waals surface area contributed by atoms with E-state index in [1.165, 1.54) is 115 Å². The minimum Gasteiger partial charge on any atom is -1.00 e. The number of benzene rings is 6. The zero-order chi connectivity index (χ0) is 34.8. The van der Waals surface area contributed by atoms with E-state index in [1.807, 2.05) is 0 Å². The molecule has 52 heavy (non-hydrogen) atoms. The van der Waals surface area contributed by atoms with E-state index in [2.05, 4.69) is 169 Å². The van der Waals surface area contributed by atoms with Gasteiger partial charge in [0.25, 0.3) is 0 Å². The summed E-state index contributed by atoms with van der Waals surface area (Å²) in [6, 6.07) is 41.4. The minimum atomic E-state index is -0.0693. The molecule has 0 nitrogen and oxygen atoms in total. The van der Waals surface area contributed by atoms with Gasteiger partial charge in [-0.1, -0.05) is 0 Å². The van der Waals surface area contributed by atoms with Crippen LogP contribution in [0.3, 0.4) is 0 Å². The second-order valence-electron chi connectivity index (χ2n) is 16.3. The van der Waals surface area contributed by atoms with Crippen LogP contribution in [-0.2, 0) is 48.4 Å². The number of fused-ring (bicyclic) bond motifs is 4. The summed E-state index contributed by atoms with van der Waals surface area (Å²) in [6.07, 6.45) is 9.77. The predicted octanol–water partition coefficient (Wildman–Crippen LogP) is 4.88. The van der Waals surface area contributed by atoms with Crippen LogP contribution in [0.2, 0.25) is 0 Å². The van der Waals surface area contributed by atoms with Crippen molar-refractivity contribution >= 4 is 36.0 Å². The van der Waals surface area contributed by atoms with Gasteiger partial charge in [-0.25, -0.2) is 0 Å². The molecule has 0 N–H and O–H groups in total. The Balaban J connectivity index is 0.00000232. The van der Waals surface area contributed by atoms with Crippen molar-refractivity contribution in [3.63, 3.8) is 0 Å². The van der Waals surface area contributed by atoms with Gasteiger partial charge in [-0.15, -0.1) is 0 Å². The molecule has 0 fully saturated rings. The van der Waals surface area contributed by atoms with Crippen LogP contribution in [0.4, 0.5) is 0 Å². The Kier molecular flexibility index (Phi) is 10.8. The molecule has 0 spiro atoms. The first-order valence-electron chi connectivity index (χ1n) is 18.1. The van der Waals surface area contributed by atoms with Crippen LogP contribution < -0.4 is 35.3 Å². The first-order valence-corrected chi connectivity index (χ1v) is 19.3. The minimum absolute atomic E-state index is 0. The van der Waals surface area contributed by atoms with E-state index in [0.717, 1.165) is 19.3 Å². The number of halogens is 2. The fourth-order valence-electron chi connectivity index (χ4n) is 8.25. The molecule has 0 unspecified atom stereocenters. The quantitative estimate of drug-likeness (QED) is 0.234. The van der Waals surface area contributed by atoms with Crippen molar-refractivity contribution in [2.75, 3.05) is 0 Å². The molecule has 8 rings (SSSR count). The smallest absolute Gasteiger partial charge is 1.00 e. The van der Waals surface area contributed by atoms with Gasteiger partial charge >= 0.3 is 314 Å². The summed E-state index contributed by atoms with van der Waals surface area (Å²) in [5.41, 5.74) is 11.5. The topological polar surface area (TPSA) is 0 Å². The second kappa shape index (κ2) is 14.7. The number of rotatable bonds is 5. The predicted molar refractivity (Wildman–Crippen MR) is 210 cm³/mol. The van der Waals surface area contributed by atoms with E-state index in [4.69, 9.17) is 0 Å². The third-order valence-corrected chi connectivity index (χ3v) is 12.1. The molecule has 0 atom stereocenters. The van der Waals surface area contributed by atoms with Crippen LogP contribution >= 0.6 is 0 Å². The summed E-state index contributed by atoms with van der Waals surface area (Å²) < 4.78 is 1.49. The molecule has 0 saturated heterocycles. The third-order valence-electron chi connectivity index (χ3n) is 10.8. The van der Waals surface area contributed by atoms with Crippen molar-refractivity contribution < 1.29 is 49.5 Å². The van der Waals surface area contributed by atoms with Gasteiger partial charge in [-0.3, -0.25) is 0 Å². The molecular weight excluding hydrogens is 751 g/mol. The molecule has 6 aromatic carbocycles. The molecule has 0 aliphatic heterocycles. The molecule has 6 aromatic rings. The normalized spacial score (nSPS) is 13.5. The third kappa shape index (κ3) is 6.86. The summed E-state index contributed by atoms with van der Waals surface area (Å²) in [4.78, 5) is 0. The van der Waals surface area contributed by atoms with E-state index in [-0.39, 0.29) is 35.6 Å². The van der Waals surface area contributed by atoms with E-state index in [1.54, 1.807) is 0 Å². The Labute approximate surface area is 336 Å². The molecule has 0 heterocycles. The Morgan fingerprint density at radius 2 is 1.17 bits per heavy atom. The van der Waals surface area contributed by atoms with Gasteiger partial charge in [0, 0.05) is 0 Å². The first kappa shape index (κ1) is 38.3. The Morgan fingerprint density at radius 3 is 1.71 bits per heavy atom. The maximum Gasteiger partial charge on any atom is -1.00 e. The standard InChI is InChI=1S/C49H45.2ClH.Zr/c1-48(2,3)39-26-25-37-29-44-43(42(37)30-39)31-45(49(4,5)6)47(46(44)34-17-7-8-18-34)38(27-35-21-13-19-32-15-9-11-23-40(32)35)28-36-22-14-20-33-16-10-12-24-41(33)36;;;/h7-17,19-26,30-31H,18,27-28H2,1-6H3;2*1H;/q;;;+2/p-2. The van der Waals surface area contributed by atoms with Crippen LogP contribution in [-0.4, -0.2) is 0 Å². The molecule has 259 valence electrons. The Morgan fingerprint density at radius 1 is 0.596 bits per heavy atom. The molecule has 0 bridgehead atoms. The van der Waals surface area contributed by atoms with Crippen molar-refractivity contribution in [3.05, 3.63) is 182 Å². The monoisotopic (exact) mass is 793 g/mol. The van der Waals surface area contributed by atoms with Gasteiger partial charge < -0.3 is 24.8 Å². The molecule has 0 aromatic heterocycles. The molecule has 3 heteroatoms. The number of hydrogen-bond acceptors (Lipinski definition) is 0. The van der Waals surface area contributed by atoms with Crippen molar-refractivity contribution in [2.24, 2.45) is 0 Å². The van der Waals surface area contributed by atoms with Gasteiger partial charge in [0.05, 0.1) is 0 Å². The van der Waals surface area contributed by atoms with Crippen molar-refractivity contribution in [2.45, 2.75) is 71.6 Å². The van der Waals surface area contributed by atoms with Gasteiger partial charge in [-0.05, 0) is 0 Å². The van der Waals surface area contributed by atoms with Gasteiger partial charge in [0.2, 0.25) is 0 Å². The zero-order valence-electron chi connectivity index (χ0n) is 31.0. The van der Waals surface area contributed by atoms with Crippen LogP contribution in [0.25, 0.3) is 36.0 Å². The molecular formula is C49H45Cl2Zr. The van der Waals surface area contributed by atoms with Crippen LogP contribution in [0.5, 0.6) is 0 Å². The summed E-state index contributed by atoms with van der Waals surface area (Å²) in [5.74, 6) is 0. The zero-order valence-corrected chi connectivity index (χ0v) is 35.0. The van der Waals surface area contributed by atoms with Gasteiger partial charge in [-0.2, -0.15) is 0 Å². The Bertz CT molecular complexity index is 2550. The second-order valence-corrected chi connectivity index (χ2v) is 17.5. The number of allylic oxidation sites excluding steroid dienone is 4. The maximum atomic E-state index is 2.60. The maximum absolute atomic E-state index is 2.60. The largest absolute Gasteiger partial charge is 1.00 e. The average Bonchev–Trinajstić information content (AvgIpc) is 3.73. The summed E-state index contributed by atoms with van der Waals surface area (Å²) in [6.45, 7) is 14.2. The summed E-state index contributed by atoms with van der Waals surface area (Å²) >= 11 is 1.47. The summed E-state index contributed by atoms with van der Waals surface area (Å²) in [7, 11) is 0. The van der Waals surface area contributed by atoms with Gasteiger partial charge in [0.15, 0.2) is 0 Å². The SMILES string of the molecule is CC(C)(C)c1ccc2c(c1)=c1cc(C(C)(C)C)c(=C(Cc3cccc4ccccc34)Cc3cccc4ccccc34)c(C3=CC=CC3)c1[C]=2[Zr+2].[Cl-].[Cl-]. The fraction of sp³-hybridized carbons (Fsp3) is 0.224. The van der Waals surface area contributed by atoms with Crippen molar-refractivity contribution in [1.29, 1.82) is 0 Å². The fourth-order valence-corrected chi connectivity index (χ4v) is 9.42. The number of hydrogen-bond donors (Lipinski definition) is 0. The van der Waals surface area contributed by atoms with E-state index in [9.17, 15) is 0 Å². The molecule has 0 radical (unpaired) electrons. The van der Waals surface area contributed by atoms with Crippen LogP contribution in [0.1, 0.15) is 81.3 Å². The van der Waals surface area contributed by atoms with Crippen LogP contribution in [0, 0.1) is 10.4 Å². The first-order chi connectivity index (χ1) is 24.0. The molecule has 2 aliphatic carbocycles. The summed E-state index contributed by atoms with van der Waals surface area (Å²) in [5, 5.41) is 11.0. The van der Waals surface area contributed by atoms with E-state index < -0.39 is 0 Å².